The Kier molecular flexibility index (Phi) is 6.45. The van der Waals surface area contributed by atoms with E-state index >= 15 is 0 Å². The number of hydrogen-bond donors (Lipinski definition) is 1. The molecule has 0 aromatic heterocycles. The number of rotatable bonds is 3. The van der Waals surface area contributed by atoms with Gasteiger partial charge in [0.05, 0.1) is 0 Å². The summed E-state index contributed by atoms with van der Waals surface area (Å²) < 4.78 is 0. The molecule has 1 saturated carbocycles. The maximum atomic E-state index is 12.4. The summed E-state index contributed by atoms with van der Waals surface area (Å²) >= 11 is 0. The molecule has 25 heavy (non-hydrogen) atoms. The van der Waals surface area contributed by atoms with Crippen LogP contribution < -0.4 is 5.32 Å². The molecule has 2 fully saturated rings. The van der Waals surface area contributed by atoms with Crippen molar-refractivity contribution in [1.82, 2.24) is 15.1 Å². The molecule has 5 heteroatoms. The first-order valence-corrected chi connectivity index (χ1v) is 9.58. The SMILES string of the molecule is O=C(NC1CCCCCC1)C(=O)N1CCN(Cc2ccccc2)CC1. The number of nitrogens with zero attached hydrogens (tertiary/aromatic N) is 2. The number of carbonyl (C=O) groups is 2. The van der Waals surface area contributed by atoms with E-state index in [1.807, 2.05) is 18.2 Å². The average Bonchev–Trinajstić information content (AvgIpc) is 2.91. The van der Waals surface area contributed by atoms with Crippen LogP contribution in [0.2, 0.25) is 0 Å². The van der Waals surface area contributed by atoms with Crippen LogP contribution >= 0.6 is 0 Å². The fraction of sp³-hybridized carbons (Fsp3) is 0.600. The van der Waals surface area contributed by atoms with Crippen LogP contribution in [0.3, 0.4) is 0 Å². The monoisotopic (exact) mass is 343 g/mol. The van der Waals surface area contributed by atoms with Gasteiger partial charge in [0.1, 0.15) is 0 Å². The summed E-state index contributed by atoms with van der Waals surface area (Å²) in [7, 11) is 0. The molecule has 1 N–H and O–H groups in total. The molecule has 0 spiro atoms. The third-order valence-electron chi connectivity index (χ3n) is 5.29. The summed E-state index contributed by atoms with van der Waals surface area (Å²) in [5, 5.41) is 2.96. The van der Waals surface area contributed by atoms with Gasteiger partial charge in [-0.15, -0.1) is 0 Å². The van der Waals surface area contributed by atoms with E-state index in [4.69, 9.17) is 0 Å². The lowest BCUT2D eigenvalue weighted by Crippen LogP contribution is -2.53. The summed E-state index contributed by atoms with van der Waals surface area (Å²) in [5.74, 6) is -0.771. The zero-order valence-electron chi connectivity index (χ0n) is 15.0. The number of hydrogen-bond acceptors (Lipinski definition) is 3. The molecule has 1 saturated heterocycles. The second-order valence-corrected chi connectivity index (χ2v) is 7.22. The maximum Gasteiger partial charge on any atom is 0.311 e. The van der Waals surface area contributed by atoms with Gasteiger partial charge >= 0.3 is 11.8 Å². The normalized spacial score (nSPS) is 20.1. The van der Waals surface area contributed by atoms with Gasteiger partial charge in [0, 0.05) is 38.8 Å². The van der Waals surface area contributed by atoms with Gasteiger partial charge < -0.3 is 10.2 Å². The van der Waals surface area contributed by atoms with Crippen molar-refractivity contribution >= 4 is 11.8 Å². The van der Waals surface area contributed by atoms with Crippen LogP contribution in [0.4, 0.5) is 0 Å². The van der Waals surface area contributed by atoms with Crippen LogP contribution in [-0.4, -0.2) is 53.8 Å². The Balaban J connectivity index is 1.43. The van der Waals surface area contributed by atoms with E-state index in [-0.39, 0.29) is 11.9 Å². The molecule has 1 aromatic rings. The first-order chi connectivity index (χ1) is 12.2. The van der Waals surface area contributed by atoms with Gasteiger partial charge in [-0.25, -0.2) is 0 Å². The molecule has 1 aromatic carbocycles. The molecule has 0 atom stereocenters. The predicted octanol–water partition coefficient (Wildman–Crippen LogP) is 2.17. The Morgan fingerprint density at radius 3 is 2.20 bits per heavy atom. The Labute approximate surface area is 150 Å². The lowest BCUT2D eigenvalue weighted by molar-refractivity contribution is -0.147. The van der Waals surface area contributed by atoms with E-state index in [9.17, 15) is 9.59 Å². The highest BCUT2D eigenvalue weighted by Crippen LogP contribution is 2.17. The quantitative estimate of drug-likeness (QED) is 0.676. The van der Waals surface area contributed by atoms with Crippen LogP contribution in [-0.2, 0) is 16.1 Å². The highest BCUT2D eigenvalue weighted by atomic mass is 16.2. The molecule has 3 rings (SSSR count). The largest absolute Gasteiger partial charge is 0.345 e. The number of nitrogens with one attached hydrogen (secondary N) is 1. The topological polar surface area (TPSA) is 52.7 Å². The smallest absolute Gasteiger partial charge is 0.311 e. The molecular formula is C20H29N3O2. The first kappa shape index (κ1) is 17.9. The second kappa shape index (κ2) is 8.99. The summed E-state index contributed by atoms with van der Waals surface area (Å²) in [5.41, 5.74) is 1.29. The fourth-order valence-electron chi connectivity index (χ4n) is 3.77. The lowest BCUT2D eigenvalue weighted by atomic mass is 10.1. The fourth-order valence-corrected chi connectivity index (χ4v) is 3.77. The van der Waals surface area contributed by atoms with E-state index in [2.05, 4.69) is 22.3 Å². The summed E-state index contributed by atoms with van der Waals surface area (Å²) in [6.07, 6.45) is 6.79. The van der Waals surface area contributed by atoms with Crippen LogP contribution in [0.1, 0.15) is 44.1 Å². The van der Waals surface area contributed by atoms with Crippen molar-refractivity contribution in [3.05, 3.63) is 35.9 Å². The minimum absolute atomic E-state index is 0.179. The number of piperazine rings is 1. The third kappa shape index (κ3) is 5.30. The van der Waals surface area contributed by atoms with E-state index in [1.54, 1.807) is 4.90 Å². The Morgan fingerprint density at radius 1 is 0.920 bits per heavy atom. The van der Waals surface area contributed by atoms with Crippen LogP contribution in [0.25, 0.3) is 0 Å². The summed E-state index contributed by atoms with van der Waals surface area (Å²) in [6, 6.07) is 10.5. The molecule has 0 unspecified atom stereocenters. The van der Waals surface area contributed by atoms with Crippen molar-refractivity contribution in [2.45, 2.75) is 51.1 Å². The molecular weight excluding hydrogens is 314 g/mol. The van der Waals surface area contributed by atoms with Crippen LogP contribution in [0.15, 0.2) is 30.3 Å². The molecule has 136 valence electrons. The van der Waals surface area contributed by atoms with Crippen molar-refractivity contribution in [3.8, 4) is 0 Å². The zero-order chi connectivity index (χ0) is 17.5. The van der Waals surface area contributed by atoms with Gasteiger partial charge in [-0.05, 0) is 18.4 Å². The maximum absolute atomic E-state index is 12.4. The van der Waals surface area contributed by atoms with Crippen molar-refractivity contribution in [2.24, 2.45) is 0 Å². The minimum atomic E-state index is -0.414. The first-order valence-electron chi connectivity index (χ1n) is 9.58. The van der Waals surface area contributed by atoms with Crippen LogP contribution in [0, 0.1) is 0 Å². The van der Waals surface area contributed by atoms with E-state index in [1.165, 1.54) is 18.4 Å². The molecule has 1 aliphatic carbocycles. The standard InChI is InChI=1S/C20H29N3O2/c24-19(21-18-10-6-1-2-7-11-18)20(25)23-14-12-22(13-15-23)16-17-8-4-3-5-9-17/h3-5,8-9,18H,1-2,6-7,10-16H2,(H,21,24). The molecule has 5 nitrogen and oxygen atoms in total. The molecule has 2 amide bonds. The number of benzene rings is 1. The third-order valence-corrected chi connectivity index (χ3v) is 5.29. The molecule has 0 radical (unpaired) electrons. The highest BCUT2D eigenvalue weighted by Gasteiger charge is 2.27. The van der Waals surface area contributed by atoms with Gasteiger partial charge in [-0.2, -0.15) is 0 Å². The number of carbonyl (C=O) groups excluding carboxylic acids is 2. The van der Waals surface area contributed by atoms with Gasteiger partial charge in [0.15, 0.2) is 0 Å². The highest BCUT2D eigenvalue weighted by molar-refractivity contribution is 6.35. The van der Waals surface area contributed by atoms with Gasteiger partial charge in [-0.1, -0.05) is 56.0 Å². The minimum Gasteiger partial charge on any atom is -0.345 e. The van der Waals surface area contributed by atoms with Crippen LogP contribution in [0.5, 0.6) is 0 Å². The Bertz CT molecular complexity index is 560. The molecule has 1 aliphatic heterocycles. The van der Waals surface area contributed by atoms with Crippen molar-refractivity contribution < 1.29 is 9.59 Å². The lowest BCUT2D eigenvalue weighted by Gasteiger charge is -2.34. The summed E-state index contributed by atoms with van der Waals surface area (Å²) in [6.45, 7) is 3.79. The van der Waals surface area contributed by atoms with Gasteiger partial charge in [-0.3, -0.25) is 14.5 Å². The van der Waals surface area contributed by atoms with E-state index in [0.717, 1.165) is 45.3 Å². The van der Waals surface area contributed by atoms with Crippen molar-refractivity contribution in [1.29, 1.82) is 0 Å². The van der Waals surface area contributed by atoms with E-state index < -0.39 is 5.91 Å². The molecule has 0 bridgehead atoms. The molecule has 1 heterocycles. The second-order valence-electron chi connectivity index (χ2n) is 7.22. The zero-order valence-corrected chi connectivity index (χ0v) is 15.0. The van der Waals surface area contributed by atoms with Gasteiger partial charge in [0.2, 0.25) is 0 Å². The molecule has 2 aliphatic rings. The van der Waals surface area contributed by atoms with Gasteiger partial charge in [0.25, 0.3) is 0 Å². The number of amides is 2. The average molecular weight is 343 g/mol. The van der Waals surface area contributed by atoms with E-state index in [0.29, 0.717) is 13.1 Å². The Morgan fingerprint density at radius 2 is 1.56 bits per heavy atom. The summed E-state index contributed by atoms with van der Waals surface area (Å²) in [4.78, 5) is 28.7. The predicted molar refractivity (Wildman–Crippen MR) is 97.9 cm³/mol. The Hall–Kier alpha value is -1.88. The van der Waals surface area contributed by atoms with Crippen molar-refractivity contribution in [2.75, 3.05) is 26.2 Å². The van der Waals surface area contributed by atoms with Crippen molar-refractivity contribution in [3.63, 3.8) is 0 Å².